The zero-order chi connectivity index (χ0) is 8.27. The molecule has 0 radical (unpaired) electrons. The normalized spacial score (nSPS) is 13.0. The van der Waals surface area contributed by atoms with Crippen molar-refractivity contribution in [1.29, 1.82) is 0 Å². The zero-order valence-corrected chi connectivity index (χ0v) is 7.71. The number of hydrogen-bond donors (Lipinski definition) is 1. The molecule has 4 heteroatoms. The molecule has 0 saturated heterocycles. The number of aromatic nitrogens is 1. The number of halogens is 1. The van der Waals surface area contributed by atoms with E-state index < -0.39 is 0 Å². The van der Waals surface area contributed by atoms with Crippen molar-refractivity contribution in [1.82, 2.24) is 4.98 Å². The minimum atomic E-state index is -0.150. The first-order valence-electron chi connectivity index (χ1n) is 3.21. The molecule has 0 fully saturated rings. The Morgan fingerprint density at radius 3 is 2.82 bits per heavy atom. The highest BCUT2D eigenvalue weighted by Gasteiger charge is 2.03. The van der Waals surface area contributed by atoms with Crippen LogP contribution < -0.4 is 5.90 Å². The summed E-state index contributed by atoms with van der Waals surface area (Å²) in [5.74, 6) is 4.99. The summed E-state index contributed by atoms with van der Waals surface area (Å²) in [7, 11) is 0. The largest absolute Gasteiger partial charge is 0.295 e. The van der Waals surface area contributed by atoms with Gasteiger partial charge in [0.15, 0.2) is 0 Å². The molecule has 0 bridgehead atoms. The second-order valence-corrected chi connectivity index (χ2v) is 3.10. The van der Waals surface area contributed by atoms with Gasteiger partial charge in [-0.1, -0.05) is 0 Å². The van der Waals surface area contributed by atoms with Gasteiger partial charge in [-0.2, -0.15) is 0 Å². The molecule has 0 aromatic carbocycles. The molecule has 3 nitrogen and oxygen atoms in total. The van der Waals surface area contributed by atoms with Crippen LogP contribution >= 0.6 is 15.9 Å². The highest BCUT2D eigenvalue weighted by molar-refractivity contribution is 9.10. The summed E-state index contributed by atoms with van der Waals surface area (Å²) in [4.78, 5) is 8.70. The summed E-state index contributed by atoms with van der Waals surface area (Å²) in [5.41, 5.74) is 0.829. The van der Waals surface area contributed by atoms with Gasteiger partial charge >= 0.3 is 0 Å². The van der Waals surface area contributed by atoms with Crippen LogP contribution in [0.5, 0.6) is 0 Å². The number of nitrogens with zero attached hydrogens (tertiary/aromatic N) is 1. The standard InChI is InChI=1S/C7H9BrN2O/c1-5(11-9)7-3-2-6(8)4-10-7/h2-5H,9H2,1H3. The Hall–Kier alpha value is -0.450. The van der Waals surface area contributed by atoms with Gasteiger partial charge < -0.3 is 0 Å². The second-order valence-electron chi connectivity index (χ2n) is 2.18. The van der Waals surface area contributed by atoms with Crippen molar-refractivity contribution in [3.8, 4) is 0 Å². The fourth-order valence-corrected chi connectivity index (χ4v) is 0.932. The summed E-state index contributed by atoms with van der Waals surface area (Å²) in [5, 5.41) is 0. The summed E-state index contributed by atoms with van der Waals surface area (Å²) in [6.07, 6.45) is 1.56. The average Bonchev–Trinajstić information content (AvgIpc) is 2.05. The van der Waals surface area contributed by atoms with Crippen LogP contribution in [0, 0.1) is 0 Å². The first kappa shape index (κ1) is 8.64. The second kappa shape index (κ2) is 3.80. The molecule has 11 heavy (non-hydrogen) atoms. The molecular formula is C7H9BrN2O. The van der Waals surface area contributed by atoms with Crippen LogP contribution in [0.1, 0.15) is 18.7 Å². The molecule has 0 aliphatic rings. The fourth-order valence-electron chi connectivity index (χ4n) is 0.697. The van der Waals surface area contributed by atoms with Crippen molar-refractivity contribution in [3.05, 3.63) is 28.5 Å². The van der Waals surface area contributed by atoms with Crippen LogP contribution in [-0.4, -0.2) is 4.98 Å². The molecular weight excluding hydrogens is 208 g/mol. The van der Waals surface area contributed by atoms with Crippen molar-refractivity contribution < 1.29 is 4.84 Å². The lowest BCUT2D eigenvalue weighted by molar-refractivity contribution is 0.0634. The first-order chi connectivity index (χ1) is 5.24. The van der Waals surface area contributed by atoms with E-state index in [0.717, 1.165) is 10.2 Å². The molecule has 1 atom stereocenters. The summed E-state index contributed by atoms with van der Waals surface area (Å²) >= 11 is 3.28. The molecule has 2 N–H and O–H groups in total. The molecule has 0 amide bonds. The SMILES string of the molecule is CC(ON)c1ccc(Br)cn1. The predicted octanol–water partition coefficient (Wildman–Crippen LogP) is 1.80. The van der Waals surface area contributed by atoms with Gasteiger partial charge in [-0.25, -0.2) is 5.90 Å². The number of hydrogen-bond acceptors (Lipinski definition) is 3. The molecule has 1 rings (SSSR count). The van der Waals surface area contributed by atoms with Gasteiger partial charge in [0.05, 0.1) is 5.69 Å². The monoisotopic (exact) mass is 216 g/mol. The van der Waals surface area contributed by atoms with E-state index in [-0.39, 0.29) is 6.10 Å². The lowest BCUT2D eigenvalue weighted by Gasteiger charge is -2.06. The third kappa shape index (κ3) is 2.25. The minimum absolute atomic E-state index is 0.150. The third-order valence-corrected chi connectivity index (χ3v) is 1.84. The van der Waals surface area contributed by atoms with Gasteiger partial charge in [0.2, 0.25) is 0 Å². The van der Waals surface area contributed by atoms with Gasteiger partial charge in [-0.15, -0.1) is 0 Å². The van der Waals surface area contributed by atoms with E-state index in [9.17, 15) is 0 Å². The Morgan fingerprint density at radius 1 is 1.64 bits per heavy atom. The van der Waals surface area contributed by atoms with Crippen molar-refractivity contribution in [3.63, 3.8) is 0 Å². The van der Waals surface area contributed by atoms with Gasteiger partial charge in [0.1, 0.15) is 6.10 Å². The fraction of sp³-hybridized carbons (Fsp3) is 0.286. The maximum absolute atomic E-state index is 4.99. The van der Waals surface area contributed by atoms with E-state index in [1.807, 2.05) is 19.1 Å². The molecule has 1 heterocycles. The maximum Gasteiger partial charge on any atom is 0.118 e. The van der Waals surface area contributed by atoms with E-state index in [4.69, 9.17) is 5.90 Å². The van der Waals surface area contributed by atoms with Gasteiger partial charge in [0.25, 0.3) is 0 Å². The molecule has 1 aromatic heterocycles. The highest BCUT2D eigenvalue weighted by atomic mass is 79.9. The Kier molecular flexibility index (Phi) is 2.99. The van der Waals surface area contributed by atoms with Crippen LogP contribution in [-0.2, 0) is 4.84 Å². The lowest BCUT2D eigenvalue weighted by atomic mass is 10.2. The predicted molar refractivity (Wildman–Crippen MR) is 45.6 cm³/mol. The van der Waals surface area contributed by atoms with E-state index in [1.165, 1.54) is 0 Å². The van der Waals surface area contributed by atoms with Gasteiger partial charge in [-0.05, 0) is 35.0 Å². The molecule has 0 saturated carbocycles. The van der Waals surface area contributed by atoms with Crippen molar-refractivity contribution in [2.24, 2.45) is 5.90 Å². The molecule has 1 unspecified atom stereocenters. The van der Waals surface area contributed by atoms with Crippen LogP contribution in [0.25, 0.3) is 0 Å². The summed E-state index contributed by atoms with van der Waals surface area (Å²) in [6.45, 7) is 1.84. The van der Waals surface area contributed by atoms with E-state index >= 15 is 0 Å². The van der Waals surface area contributed by atoms with Crippen LogP contribution in [0.3, 0.4) is 0 Å². The van der Waals surface area contributed by atoms with E-state index in [0.29, 0.717) is 0 Å². The Bertz CT molecular complexity index is 224. The van der Waals surface area contributed by atoms with Crippen LogP contribution in [0.2, 0.25) is 0 Å². The Balaban J connectivity index is 2.81. The van der Waals surface area contributed by atoms with Crippen molar-refractivity contribution in [2.45, 2.75) is 13.0 Å². The van der Waals surface area contributed by atoms with Crippen LogP contribution in [0.15, 0.2) is 22.8 Å². The van der Waals surface area contributed by atoms with E-state index in [1.54, 1.807) is 6.20 Å². The highest BCUT2D eigenvalue weighted by Crippen LogP contribution is 2.14. The summed E-state index contributed by atoms with van der Waals surface area (Å²) in [6, 6.07) is 3.76. The molecule has 0 aliphatic carbocycles. The minimum Gasteiger partial charge on any atom is -0.295 e. The molecule has 0 aliphatic heterocycles. The number of rotatable bonds is 2. The Morgan fingerprint density at radius 2 is 2.36 bits per heavy atom. The number of nitrogens with two attached hydrogens (primary N) is 1. The summed E-state index contributed by atoms with van der Waals surface area (Å²) < 4.78 is 0.950. The molecule has 60 valence electrons. The van der Waals surface area contributed by atoms with Gasteiger partial charge in [0, 0.05) is 10.7 Å². The molecule has 1 aromatic rings. The molecule has 0 spiro atoms. The third-order valence-electron chi connectivity index (χ3n) is 1.37. The first-order valence-corrected chi connectivity index (χ1v) is 4.00. The van der Waals surface area contributed by atoms with Crippen LogP contribution in [0.4, 0.5) is 0 Å². The smallest absolute Gasteiger partial charge is 0.118 e. The Labute approximate surface area is 73.7 Å². The quantitative estimate of drug-likeness (QED) is 0.768. The van der Waals surface area contributed by atoms with Gasteiger partial charge in [-0.3, -0.25) is 9.82 Å². The van der Waals surface area contributed by atoms with E-state index in [2.05, 4.69) is 25.8 Å². The maximum atomic E-state index is 4.99. The number of pyridine rings is 1. The van der Waals surface area contributed by atoms with Crippen molar-refractivity contribution >= 4 is 15.9 Å². The van der Waals surface area contributed by atoms with Crippen molar-refractivity contribution in [2.75, 3.05) is 0 Å². The average molecular weight is 217 g/mol. The lowest BCUT2D eigenvalue weighted by Crippen LogP contribution is -2.06. The topological polar surface area (TPSA) is 48.1 Å². The zero-order valence-electron chi connectivity index (χ0n) is 6.12.